The van der Waals surface area contributed by atoms with Crippen LogP contribution in [0.1, 0.15) is 26.4 Å². The van der Waals surface area contributed by atoms with Crippen LogP contribution >= 0.6 is 39.0 Å². The summed E-state index contributed by atoms with van der Waals surface area (Å²) < 4.78 is 1.01. The van der Waals surface area contributed by atoms with Gasteiger partial charge in [-0.05, 0) is 47.5 Å². The number of thiophene rings is 1. The average Bonchev–Trinajstić information content (AvgIpc) is 2.74. The van der Waals surface area contributed by atoms with Crippen molar-refractivity contribution < 1.29 is 4.79 Å². The van der Waals surface area contributed by atoms with Gasteiger partial charge in [-0.2, -0.15) is 0 Å². The summed E-state index contributed by atoms with van der Waals surface area (Å²) in [5.74, 6) is 1.64. The molecule has 100 valence electrons. The number of benzene rings is 1. The summed E-state index contributed by atoms with van der Waals surface area (Å²) in [6.07, 6.45) is 0. The lowest BCUT2D eigenvalue weighted by Gasteiger charge is -2.04. The Morgan fingerprint density at radius 1 is 1.21 bits per heavy atom. The minimum absolute atomic E-state index is 0.213. The minimum atomic E-state index is 0.213. The molecular weight excluding hydrogens is 340 g/mol. The fraction of sp³-hybridized carbons (Fsp3) is 0.267. The van der Waals surface area contributed by atoms with Crippen molar-refractivity contribution >= 4 is 44.8 Å². The van der Waals surface area contributed by atoms with E-state index >= 15 is 0 Å². The number of rotatable bonds is 5. The number of carbonyl (C=O) groups is 1. The van der Waals surface area contributed by atoms with Gasteiger partial charge in [-0.1, -0.05) is 29.3 Å². The molecule has 2 aromatic rings. The molecule has 0 atom stereocenters. The topological polar surface area (TPSA) is 17.1 Å². The number of aryl methyl sites for hydroxylation is 2. The molecule has 0 unspecified atom stereocenters. The molecule has 0 spiro atoms. The molecule has 0 fully saturated rings. The summed E-state index contributed by atoms with van der Waals surface area (Å²) in [4.78, 5) is 12.8. The number of hydrogen-bond acceptors (Lipinski definition) is 3. The normalized spacial score (nSPS) is 10.7. The average molecular weight is 355 g/mol. The maximum absolute atomic E-state index is 12.0. The number of halogens is 1. The van der Waals surface area contributed by atoms with Crippen molar-refractivity contribution in [1.82, 2.24) is 0 Å². The molecule has 0 aliphatic carbocycles. The predicted octanol–water partition coefficient (Wildman–Crippen LogP) is 5.24. The number of Topliss-reactive ketones (excluding diaryl/α,β-unsaturated/α-hetero) is 1. The van der Waals surface area contributed by atoms with Crippen molar-refractivity contribution in [3.8, 4) is 0 Å². The maximum atomic E-state index is 12.0. The van der Waals surface area contributed by atoms with Gasteiger partial charge in [0.15, 0.2) is 5.78 Å². The van der Waals surface area contributed by atoms with Crippen LogP contribution in [0.3, 0.4) is 0 Å². The molecule has 4 heteroatoms. The first-order valence-corrected chi connectivity index (χ1v) is 8.74. The standard InChI is InChI=1S/C15H15BrOS2/c1-10-5-11(2)7-12(6-10)8-18-9-13(17)14-3-4-15(16)19-14/h3-7H,8-9H2,1-2H3. The molecule has 1 aromatic carbocycles. The van der Waals surface area contributed by atoms with E-state index in [9.17, 15) is 4.79 Å². The fourth-order valence-corrected chi connectivity index (χ4v) is 4.21. The molecule has 1 heterocycles. The van der Waals surface area contributed by atoms with E-state index < -0.39 is 0 Å². The predicted molar refractivity (Wildman–Crippen MR) is 88.4 cm³/mol. The summed E-state index contributed by atoms with van der Waals surface area (Å²) in [5, 5.41) is 0. The van der Waals surface area contributed by atoms with E-state index in [4.69, 9.17) is 0 Å². The molecule has 0 N–H and O–H groups in total. The number of ketones is 1. The van der Waals surface area contributed by atoms with Crippen molar-refractivity contribution in [2.24, 2.45) is 0 Å². The van der Waals surface area contributed by atoms with E-state index in [2.05, 4.69) is 48.0 Å². The molecule has 2 rings (SSSR count). The maximum Gasteiger partial charge on any atom is 0.182 e. The van der Waals surface area contributed by atoms with Gasteiger partial charge in [0.2, 0.25) is 0 Å². The minimum Gasteiger partial charge on any atom is -0.292 e. The SMILES string of the molecule is Cc1cc(C)cc(CSCC(=O)c2ccc(Br)s2)c1. The highest BCUT2D eigenvalue weighted by atomic mass is 79.9. The monoisotopic (exact) mass is 354 g/mol. The third-order valence-electron chi connectivity index (χ3n) is 2.63. The van der Waals surface area contributed by atoms with E-state index in [1.165, 1.54) is 28.0 Å². The molecule has 1 aromatic heterocycles. The fourth-order valence-electron chi connectivity index (χ4n) is 1.95. The lowest BCUT2D eigenvalue weighted by atomic mass is 10.1. The Morgan fingerprint density at radius 3 is 2.47 bits per heavy atom. The Labute approximate surface area is 130 Å². The third-order valence-corrected chi connectivity index (χ3v) is 5.30. The van der Waals surface area contributed by atoms with Crippen LogP contribution in [0.25, 0.3) is 0 Å². The number of thioether (sulfide) groups is 1. The molecule has 0 saturated heterocycles. The van der Waals surface area contributed by atoms with Gasteiger partial charge in [-0.15, -0.1) is 23.1 Å². The second-order valence-corrected chi connectivity index (χ2v) is 7.96. The van der Waals surface area contributed by atoms with Crippen molar-refractivity contribution in [3.05, 3.63) is 55.7 Å². The van der Waals surface area contributed by atoms with E-state index in [0.29, 0.717) is 5.75 Å². The van der Waals surface area contributed by atoms with Crippen LogP contribution in [0.15, 0.2) is 34.1 Å². The van der Waals surface area contributed by atoms with Crippen LogP contribution in [-0.4, -0.2) is 11.5 Å². The van der Waals surface area contributed by atoms with Crippen molar-refractivity contribution in [2.75, 3.05) is 5.75 Å². The molecular formula is C15H15BrOS2. The quantitative estimate of drug-likeness (QED) is 0.682. The molecule has 19 heavy (non-hydrogen) atoms. The first-order chi connectivity index (χ1) is 9.04. The summed E-state index contributed by atoms with van der Waals surface area (Å²) in [7, 11) is 0. The van der Waals surface area contributed by atoms with Crippen LogP contribution in [0.5, 0.6) is 0 Å². The van der Waals surface area contributed by atoms with Crippen LogP contribution in [0.4, 0.5) is 0 Å². The van der Waals surface area contributed by atoms with Gasteiger partial charge in [-0.25, -0.2) is 0 Å². The van der Waals surface area contributed by atoms with Gasteiger partial charge in [0.25, 0.3) is 0 Å². The van der Waals surface area contributed by atoms with Crippen molar-refractivity contribution in [2.45, 2.75) is 19.6 Å². The molecule has 0 bridgehead atoms. The Balaban J connectivity index is 1.88. The van der Waals surface area contributed by atoms with Crippen molar-refractivity contribution in [1.29, 1.82) is 0 Å². The van der Waals surface area contributed by atoms with E-state index in [0.717, 1.165) is 14.4 Å². The van der Waals surface area contributed by atoms with E-state index in [1.807, 2.05) is 12.1 Å². The van der Waals surface area contributed by atoms with Crippen LogP contribution in [0, 0.1) is 13.8 Å². The molecule has 0 amide bonds. The molecule has 0 radical (unpaired) electrons. The van der Waals surface area contributed by atoms with E-state index in [1.54, 1.807) is 11.8 Å². The summed E-state index contributed by atoms with van der Waals surface area (Å²) in [5.41, 5.74) is 3.86. The molecule has 1 nitrogen and oxygen atoms in total. The molecule has 0 aliphatic rings. The highest BCUT2D eigenvalue weighted by Crippen LogP contribution is 2.24. The van der Waals surface area contributed by atoms with Crippen LogP contribution < -0.4 is 0 Å². The van der Waals surface area contributed by atoms with Crippen LogP contribution in [-0.2, 0) is 5.75 Å². The van der Waals surface area contributed by atoms with Crippen molar-refractivity contribution in [3.63, 3.8) is 0 Å². The highest BCUT2D eigenvalue weighted by Gasteiger charge is 2.08. The smallest absolute Gasteiger partial charge is 0.182 e. The molecule has 0 saturated carbocycles. The molecule has 0 aliphatic heterocycles. The lowest BCUT2D eigenvalue weighted by Crippen LogP contribution is -1.99. The largest absolute Gasteiger partial charge is 0.292 e. The van der Waals surface area contributed by atoms with Gasteiger partial charge in [0.05, 0.1) is 14.4 Å². The first-order valence-electron chi connectivity index (χ1n) is 5.98. The summed E-state index contributed by atoms with van der Waals surface area (Å²) in [6.45, 7) is 4.21. The van der Waals surface area contributed by atoms with Gasteiger partial charge in [0.1, 0.15) is 0 Å². The Hall–Kier alpha value is -0.580. The zero-order chi connectivity index (χ0) is 13.8. The van der Waals surface area contributed by atoms with Crippen LogP contribution in [0.2, 0.25) is 0 Å². The second kappa shape index (κ2) is 6.73. The van der Waals surface area contributed by atoms with Gasteiger partial charge >= 0.3 is 0 Å². The lowest BCUT2D eigenvalue weighted by molar-refractivity contribution is 0.102. The summed E-state index contributed by atoms with van der Waals surface area (Å²) in [6, 6.07) is 10.3. The van der Waals surface area contributed by atoms with Gasteiger partial charge < -0.3 is 0 Å². The van der Waals surface area contributed by atoms with E-state index in [-0.39, 0.29) is 5.78 Å². The first kappa shape index (κ1) is 14.8. The highest BCUT2D eigenvalue weighted by molar-refractivity contribution is 9.11. The Morgan fingerprint density at radius 2 is 1.89 bits per heavy atom. The second-order valence-electron chi connectivity index (χ2n) is 4.52. The Bertz CT molecular complexity index is 569. The van der Waals surface area contributed by atoms with Gasteiger partial charge in [-0.3, -0.25) is 4.79 Å². The third kappa shape index (κ3) is 4.48. The number of carbonyl (C=O) groups excluding carboxylic acids is 1. The Kier molecular flexibility index (Phi) is 5.25. The van der Waals surface area contributed by atoms with Gasteiger partial charge in [0, 0.05) is 5.75 Å². The zero-order valence-electron chi connectivity index (χ0n) is 10.9. The summed E-state index contributed by atoms with van der Waals surface area (Å²) >= 11 is 6.56. The number of hydrogen-bond donors (Lipinski definition) is 0. The zero-order valence-corrected chi connectivity index (χ0v) is 14.1.